The van der Waals surface area contributed by atoms with Crippen LogP contribution >= 0.6 is 11.3 Å². The highest BCUT2D eigenvalue weighted by atomic mass is 32.1. The minimum absolute atomic E-state index is 0.243. The van der Waals surface area contributed by atoms with Gasteiger partial charge in [0.2, 0.25) is 4.96 Å². The predicted octanol–water partition coefficient (Wildman–Crippen LogP) is 4.24. The largest absolute Gasteiger partial charge is 0.497 e. The van der Waals surface area contributed by atoms with Crippen LogP contribution in [-0.4, -0.2) is 45.7 Å². The second-order valence-corrected chi connectivity index (χ2v) is 9.57. The van der Waals surface area contributed by atoms with Crippen molar-refractivity contribution in [3.63, 3.8) is 0 Å². The number of ether oxygens (including phenoxy) is 3. The lowest BCUT2D eigenvalue weighted by Crippen LogP contribution is -2.23. The molecule has 0 aliphatic carbocycles. The highest BCUT2D eigenvalue weighted by molar-refractivity contribution is 7.15. The molecule has 10 heteroatoms. The van der Waals surface area contributed by atoms with Crippen molar-refractivity contribution < 1.29 is 14.2 Å². The van der Waals surface area contributed by atoms with Crippen molar-refractivity contribution in [3.8, 4) is 45.6 Å². The molecule has 0 saturated carbocycles. The molecular formula is C29H23N5O4S. The van der Waals surface area contributed by atoms with E-state index in [0.29, 0.717) is 32.5 Å². The number of hydrogen-bond acceptors (Lipinski definition) is 8. The molecule has 194 valence electrons. The zero-order chi connectivity index (χ0) is 26.9. The van der Waals surface area contributed by atoms with E-state index in [1.807, 2.05) is 85.1 Å². The Morgan fingerprint density at radius 1 is 0.821 bits per heavy atom. The van der Waals surface area contributed by atoms with Crippen LogP contribution in [0.15, 0.2) is 83.8 Å². The smallest absolute Gasteiger partial charge is 0.291 e. The zero-order valence-corrected chi connectivity index (χ0v) is 22.2. The second-order valence-electron chi connectivity index (χ2n) is 8.56. The molecule has 0 spiro atoms. The van der Waals surface area contributed by atoms with Crippen molar-refractivity contribution in [1.82, 2.24) is 24.4 Å². The van der Waals surface area contributed by atoms with E-state index in [9.17, 15) is 4.79 Å². The minimum atomic E-state index is -0.243. The van der Waals surface area contributed by atoms with E-state index in [1.165, 1.54) is 15.9 Å². The first-order chi connectivity index (χ1) is 19.1. The fourth-order valence-electron chi connectivity index (χ4n) is 4.25. The van der Waals surface area contributed by atoms with Gasteiger partial charge in [0.1, 0.15) is 11.4 Å². The van der Waals surface area contributed by atoms with E-state index < -0.39 is 0 Å². The average molecular weight is 538 g/mol. The standard InChI is InChI=1S/C29H23N5O4S/c1-36-22-12-9-18(10-13-22)27-30-29-34(32-27)28(35)25(39-29)16-20-17-33(21-7-5-4-6-8-21)31-26(20)19-11-14-23(37-2)24(15-19)38-3/h4-17H,1-3H3. The molecule has 9 nitrogen and oxygen atoms in total. The SMILES string of the molecule is COc1ccc(-c2nc3sc(=Cc4cn(-c5ccccc5)nc4-c4ccc(OC)c(OC)c4)c(=O)n3n2)cc1. The van der Waals surface area contributed by atoms with Gasteiger partial charge in [-0.05, 0) is 60.7 Å². The lowest BCUT2D eigenvalue weighted by molar-refractivity contribution is 0.355. The van der Waals surface area contributed by atoms with Crippen LogP contribution in [0.2, 0.25) is 0 Å². The van der Waals surface area contributed by atoms with Gasteiger partial charge in [0.05, 0.1) is 31.5 Å². The van der Waals surface area contributed by atoms with Gasteiger partial charge < -0.3 is 14.2 Å². The van der Waals surface area contributed by atoms with Crippen LogP contribution in [0.25, 0.3) is 39.4 Å². The molecule has 39 heavy (non-hydrogen) atoms. The minimum Gasteiger partial charge on any atom is -0.497 e. The zero-order valence-electron chi connectivity index (χ0n) is 21.4. The molecule has 0 aliphatic rings. The second kappa shape index (κ2) is 10.1. The fraction of sp³-hybridized carbons (Fsp3) is 0.103. The third-order valence-electron chi connectivity index (χ3n) is 6.24. The molecule has 0 radical (unpaired) electrons. The Bertz CT molecular complexity index is 1890. The van der Waals surface area contributed by atoms with Crippen LogP contribution in [0.3, 0.4) is 0 Å². The molecule has 0 amide bonds. The summed E-state index contributed by atoms with van der Waals surface area (Å²) >= 11 is 1.28. The Balaban J connectivity index is 1.47. The Morgan fingerprint density at radius 2 is 1.56 bits per heavy atom. The molecular weight excluding hydrogens is 514 g/mol. The third-order valence-corrected chi connectivity index (χ3v) is 7.20. The monoisotopic (exact) mass is 537 g/mol. The molecule has 0 aliphatic heterocycles. The molecule has 0 unspecified atom stereocenters. The first-order valence-corrected chi connectivity index (χ1v) is 12.8. The van der Waals surface area contributed by atoms with Gasteiger partial charge in [-0.25, -0.2) is 4.68 Å². The number of hydrogen-bond donors (Lipinski definition) is 0. The van der Waals surface area contributed by atoms with Crippen LogP contribution in [0.5, 0.6) is 17.2 Å². The van der Waals surface area contributed by atoms with E-state index in [0.717, 1.165) is 28.1 Å². The summed E-state index contributed by atoms with van der Waals surface area (Å²) in [5.41, 5.74) is 3.74. The van der Waals surface area contributed by atoms with Crippen LogP contribution in [0.4, 0.5) is 0 Å². The molecule has 0 saturated heterocycles. The summed E-state index contributed by atoms with van der Waals surface area (Å²) in [4.78, 5) is 18.5. The Labute approximate surface area is 227 Å². The Morgan fingerprint density at radius 3 is 2.26 bits per heavy atom. The summed E-state index contributed by atoms with van der Waals surface area (Å²) in [6.07, 6.45) is 3.73. The van der Waals surface area contributed by atoms with Gasteiger partial charge in [-0.3, -0.25) is 4.79 Å². The quantitative estimate of drug-likeness (QED) is 0.301. The Hall–Kier alpha value is -4.96. The van der Waals surface area contributed by atoms with Crippen LogP contribution in [0, 0.1) is 0 Å². The first-order valence-electron chi connectivity index (χ1n) is 12.0. The van der Waals surface area contributed by atoms with Crippen LogP contribution in [-0.2, 0) is 0 Å². The van der Waals surface area contributed by atoms with Gasteiger partial charge in [-0.2, -0.15) is 14.6 Å². The molecule has 6 rings (SSSR count). The summed E-state index contributed by atoms with van der Waals surface area (Å²) in [6, 6.07) is 22.8. The van der Waals surface area contributed by atoms with Gasteiger partial charge in [-0.15, -0.1) is 5.10 Å². The maximum Gasteiger partial charge on any atom is 0.291 e. The van der Waals surface area contributed by atoms with Crippen molar-refractivity contribution in [1.29, 1.82) is 0 Å². The normalized spacial score (nSPS) is 11.7. The van der Waals surface area contributed by atoms with Crippen LogP contribution < -0.4 is 24.3 Å². The fourth-order valence-corrected chi connectivity index (χ4v) is 5.15. The molecule has 3 aromatic carbocycles. The van der Waals surface area contributed by atoms with Crippen LogP contribution in [0.1, 0.15) is 5.56 Å². The van der Waals surface area contributed by atoms with Crippen molar-refractivity contribution in [3.05, 3.63) is 99.4 Å². The Kier molecular flexibility index (Phi) is 6.29. The highest BCUT2D eigenvalue weighted by Gasteiger charge is 2.16. The van der Waals surface area contributed by atoms with Crippen molar-refractivity contribution in [2.45, 2.75) is 0 Å². The van der Waals surface area contributed by atoms with Crippen molar-refractivity contribution >= 4 is 22.4 Å². The number of methoxy groups -OCH3 is 3. The van der Waals surface area contributed by atoms with Gasteiger partial charge in [0.25, 0.3) is 5.56 Å². The summed E-state index contributed by atoms with van der Waals surface area (Å²) in [6.45, 7) is 0. The summed E-state index contributed by atoms with van der Waals surface area (Å²) < 4.78 is 19.8. The van der Waals surface area contributed by atoms with E-state index in [-0.39, 0.29) is 5.56 Å². The number of thiazole rings is 1. The van der Waals surface area contributed by atoms with Crippen molar-refractivity contribution in [2.24, 2.45) is 0 Å². The molecule has 0 N–H and O–H groups in total. The highest BCUT2D eigenvalue weighted by Crippen LogP contribution is 2.33. The number of para-hydroxylation sites is 1. The number of rotatable bonds is 7. The topological polar surface area (TPSA) is 92.8 Å². The average Bonchev–Trinajstić information content (AvgIpc) is 3.68. The summed E-state index contributed by atoms with van der Waals surface area (Å²) in [5, 5.41) is 9.33. The lowest BCUT2D eigenvalue weighted by atomic mass is 10.1. The third kappa shape index (κ3) is 4.51. The summed E-state index contributed by atoms with van der Waals surface area (Å²) in [7, 11) is 4.80. The van der Waals surface area contributed by atoms with E-state index in [1.54, 1.807) is 26.0 Å². The lowest BCUT2D eigenvalue weighted by Gasteiger charge is -2.09. The van der Waals surface area contributed by atoms with Gasteiger partial charge in [0, 0.05) is 22.9 Å². The number of nitrogens with zero attached hydrogens (tertiary/aromatic N) is 5. The van der Waals surface area contributed by atoms with Gasteiger partial charge in [0.15, 0.2) is 17.3 Å². The number of aromatic nitrogens is 5. The summed E-state index contributed by atoms with van der Waals surface area (Å²) in [5.74, 6) is 2.43. The maximum atomic E-state index is 13.3. The van der Waals surface area contributed by atoms with E-state index in [4.69, 9.17) is 19.3 Å². The maximum absolute atomic E-state index is 13.3. The van der Waals surface area contributed by atoms with Gasteiger partial charge >= 0.3 is 0 Å². The van der Waals surface area contributed by atoms with E-state index in [2.05, 4.69) is 10.1 Å². The molecule has 0 fully saturated rings. The molecule has 6 aromatic rings. The van der Waals surface area contributed by atoms with E-state index >= 15 is 0 Å². The number of fused-ring (bicyclic) bond motifs is 1. The first kappa shape index (κ1) is 24.4. The predicted molar refractivity (Wildman–Crippen MR) is 150 cm³/mol. The molecule has 0 bridgehead atoms. The number of benzene rings is 3. The van der Waals surface area contributed by atoms with Crippen molar-refractivity contribution in [2.75, 3.05) is 21.3 Å². The van der Waals surface area contributed by atoms with Gasteiger partial charge in [-0.1, -0.05) is 29.5 Å². The molecule has 3 heterocycles. The molecule has 0 atom stereocenters. The molecule has 3 aromatic heterocycles.